The number of aliphatic hydroxyl groups is 2. The highest BCUT2D eigenvalue weighted by Crippen LogP contribution is 2.33. The van der Waals surface area contributed by atoms with Crippen molar-refractivity contribution in [2.24, 2.45) is 11.1 Å². The van der Waals surface area contributed by atoms with Crippen molar-refractivity contribution < 1.29 is 42.5 Å². The number of nitriles is 1. The maximum atomic E-state index is 13.8. The van der Waals surface area contributed by atoms with Crippen molar-refractivity contribution in [1.29, 1.82) is 5.26 Å². The summed E-state index contributed by atoms with van der Waals surface area (Å²) in [4.78, 5) is 61.3. The number of aryl methyl sites for hydroxylation is 1. The number of piperazine rings is 1. The summed E-state index contributed by atoms with van der Waals surface area (Å²) in [5, 5.41) is 45.8. The molecule has 0 spiro atoms. The Hall–Kier alpha value is -7.05. The molecule has 414 valence electrons. The maximum absolute atomic E-state index is 13.8. The van der Waals surface area contributed by atoms with Crippen molar-refractivity contribution in [2.45, 2.75) is 88.2 Å². The number of β-amino-alcohol motifs (C(OH)–C–C–N with tert-alkyl or cyclic N) is 1. The number of anilines is 1. The van der Waals surface area contributed by atoms with E-state index in [0.29, 0.717) is 43.7 Å². The average Bonchev–Trinajstić information content (AvgIpc) is 3.73. The van der Waals surface area contributed by atoms with E-state index in [0.717, 1.165) is 28.8 Å². The van der Waals surface area contributed by atoms with Gasteiger partial charge in [0.05, 0.1) is 40.3 Å². The van der Waals surface area contributed by atoms with Crippen molar-refractivity contribution in [3.05, 3.63) is 188 Å². The molecule has 2 heterocycles. The van der Waals surface area contributed by atoms with E-state index in [9.17, 15) is 37.8 Å². The molecule has 0 radical (unpaired) electrons. The largest absolute Gasteiger partial charge is 0.483 e. The molecule has 1 saturated heterocycles. The van der Waals surface area contributed by atoms with Gasteiger partial charge >= 0.3 is 0 Å². The fourth-order valence-corrected chi connectivity index (χ4v) is 10.6. The van der Waals surface area contributed by atoms with E-state index in [2.05, 4.69) is 30.7 Å². The van der Waals surface area contributed by atoms with Crippen molar-refractivity contribution in [2.75, 3.05) is 38.1 Å². The molecule has 1 aliphatic carbocycles. The number of ether oxygens (including phenoxy) is 1. The number of nitrogens with one attached hydrogen (secondary N) is 3. The molecule has 5 aromatic carbocycles. The topological polar surface area (TPSA) is 257 Å². The van der Waals surface area contributed by atoms with Gasteiger partial charge in [0.15, 0.2) is 12.4 Å². The molecule has 0 unspecified atom stereocenters. The number of aromatic nitrogens is 1. The number of nitrogens with zero attached hydrogens (tertiary/aromatic N) is 4. The van der Waals surface area contributed by atoms with Crippen LogP contribution in [0.5, 0.6) is 5.75 Å². The third-order valence-corrected chi connectivity index (χ3v) is 14.7. The van der Waals surface area contributed by atoms with E-state index >= 15 is 0 Å². The Morgan fingerprint density at radius 3 is 2.34 bits per heavy atom. The molecule has 0 saturated carbocycles. The molecule has 1 aromatic heterocycles. The lowest BCUT2D eigenvalue weighted by Gasteiger charge is -2.42. The number of sulfonamides is 1. The average molecular weight is 1130 g/mol. The zero-order chi connectivity index (χ0) is 57.0. The van der Waals surface area contributed by atoms with Gasteiger partial charge in [-0.2, -0.15) is 5.26 Å². The molecule has 3 amide bonds. The summed E-state index contributed by atoms with van der Waals surface area (Å²) in [6.45, 7) is 9.91. The monoisotopic (exact) mass is 1130 g/mol. The van der Waals surface area contributed by atoms with E-state index in [4.69, 9.17) is 38.3 Å². The van der Waals surface area contributed by atoms with Crippen LogP contribution in [-0.2, 0) is 43.8 Å². The van der Waals surface area contributed by atoms with Gasteiger partial charge in [-0.05, 0) is 129 Å². The van der Waals surface area contributed by atoms with E-state index < -0.39 is 64.1 Å². The van der Waals surface area contributed by atoms with Crippen LogP contribution in [0.15, 0.2) is 139 Å². The highest BCUT2D eigenvalue weighted by Gasteiger charge is 2.37. The molecule has 1 fully saturated rings. The Morgan fingerprint density at radius 2 is 1.65 bits per heavy atom. The molecule has 0 bridgehead atoms. The first kappa shape index (κ1) is 59.6. The Balaban J connectivity index is 0.000000238. The number of carbonyl (C=O) groups excluding carboxylic acids is 4. The zero-order valence-corrected chi connectivity index (χ0v) is 46.6. The minimum absolute atomic E-state index is 0.0712. The Kier molecular flexibility index (Phi) is 20.2. The first-order chi connectivity index (χ1) is 37.5. The third kappa shape index (κ3) is 17.0. The normalized spacial score (nSPS) is 17.2. The van der Waals surface area contributed by atoms with Crippen molar-refractivity contribution in [3.63, 3.8) is 0 Å². The molecular formula is C59H64Cl2N8O9S. The van der Waals surface area contributed by atoms with E-state index in [1.54, 1.807) is 13.1 Å². The lowest BCUT2D eigenvalue weighted by Crippen LogP contribution is -2.61. The van der Waals surface area contributed by atoms with Crippen LogP contribution in [0.25, 0.3) is 0 Å². The first-order valence-corrected chi connectivity index (χ1v) is 27.9. The molecule has 20 heteroatoms. The number of fused-ring (bicyclic) bond motifs is 1. The van der Waals surface area contributed by atoms with E-state index in [1.165, 1.54) is 54.6 Å². The van der Waals surface area contributed by atoms with Gasteiger partial charge in [-0.15, -0.1) is 0 Å². The molecule has 79 heavy (non-hydrogen) atoms. The Bertz CT molecular complexity index is 3300. The number of rotatable bonds is 18. The second-order valence-electron chi connectivity index (χ2n) is 20.7. The number of hydrogen-bond acceptors (Lipinski definition) is 13. The highest BCUT2D eigenvalue weighted by atomic mass is 35.5. The van der Waals surface area contributed by atoms with Crippen LogP contribution in [0.2, 0.25) is 10.0 Å². The van der Waals surface area contributed by atoms with Crippen LogP contribution in [0.1, 0.15) is 82.5 Å². The second kappa shape index (κ2) is 26.7. The lowest BCUT2D eigenvalue weighted by atomic mass is 9.91. The van der Waals surface area contributed by atoms with Gasteiger partial charge in [-0.3, -0.25) is 34.0 Å². The molecule has 1 aliphatic heterocycles. The smallest absolute Gasteiger partial charge is 0.262 e. The number of nitrogens with two attached hydrogens (primary N) is 1. The highest BCUT2D eigenvalue weighted by molar-refractivity contribution is 7.89. The Labute approximate surface area is 470 Å². The van der Waals surface area contributed by atoms with Crippen LogP contribution in [0.3, 0.4) is 0 Å². The van der Waals surface area contributed by atoms with Gasteiger partial charge in [0.1, 0.15) is 11.8 Å². The summed E-state index contributed by atoms with van der Waals surface area (Å²) in [5.41, 5.74) is 4.98. The standard InChI is InChI=1S/C36H47N5O4.C23H17Cl2N3O5S/c1-36(2,3)39-35(45)31-24-40(22-26-12-9-15-37-21-26)16-17-41(31)23-29(42)19-28(18-25-10-5-4-6-11-25)34(44)38-33-30-14-8-7-13-27(30)20-32(33)43;1-13-6-18(34(27,31)32)3-4-20(13)28-22(29)12-33-21-5-2-16(24)10-19(21)23(30)15-7-14(11-26)8-17(25)9-15/h4-15,21,28-29,31-33,42-43H,16-20,22-24H2,1-3H3,(H,38,44)(H,39,45);2-10H,12H2,1H3,(H,28,29)(H2,27,31,32)/t28-,29-,31-,32+,33-;/m0./s1. The number of benzene rings is 5. The second-order valence-corrected chi connectivity index (χ2v) is 23.2. The number of hydrogen-bond donors (Lipinski definition) is 6. The first-order valence-electron chi connectivity index (χ1n) is 25.6. The van der Waals surface area contributed by atoms with Gasteiger partial charge in [0.2, 0.25) is 21.8 Å². The zero-order valence-electron chi connectivity index (χ0n) is 44.2. The molecule has 5 atom stereocenters. The van der Waals surface area contributed by atoms with Gasteiger partial charge in [-0.25, -0.2) is 13.6 Å². The Morgan fingerprint density at radius 1 is 0.911 bits per heavy atom. The minimum atomic E-state index is -3.87. The molecule has 8 rings (SSSR count). The molecule has 6 aromatic rings. The third-order valence-electron chi connectivity index (χ3n) is 13.3. The number of amides is 3. The van der Waals surface area contributed by atoms with E-state index in [-0.39, 0.29) is 62.2 Å². The number of carbonyl (C=O) groups is 4. The van der Waals surface area contributed by atoms with Crippen molar-refractivity contribution in [3.8, 4) is 11.8 Å². The van der Waals surface area contributed by atoms with Crippen molar-refractivity contribution in [1.82, 2.24) is 25.4 Å². The fraction of sp³-hybridized carbons (Fsp3) is 0.322. The minimum Gasteiger partial charge on any atom is -0.483 e. The number of halogens is 2. The summed E-state index contributed by atoms with van der Waals surface area (Å²) < 4.78 is 28.5. The number of ketones is 1. The predicted molar refractivity (Wildman–Crippen MR) is 302 cm³/mol. The van der Waals surface area contributed by atoms with Crippen LogP contribution in [-0.4, -0.2) is 113 Å². The summed E-state index contributed by atoms with van der Waals surface area (Å²) in [7, 11) is -3.87. The number of aliphatic hydroxyl groups excluding tert-OH is 2. The van der Waals surface area contributed by atoms with E-state index in [1.807, 2.05) is 99.8 Å². The molecule has 7 N–H and O–H groups in total. The number of pyridine rings is 1. The van der Waals surface area contributed by atoms with Gasteiger partial charge in [0.25, 0.3) is 5.91 Å². The predicted octanol–water partition coefficient (Wildman–Crippen LogP) is 6.94. The SMILES string of the molecule is CC(C)(C)NC(=O)[C@@H]1CN(Cc2cccnc2)CCN1C[C@@H](O)C[C@H](Cc1ccccc1)C(=O)N[C@H]1c2ccccc2C[C@H]1O.Cc1cc(S(N)(=O)=O)ccc1NC(=O)COc1ccc(Cl)cc1C(=O)c1cc(Cl)cc(C#N)c1. The molecule has 2 aliphatic rings. The fourth-order valence-electron chi connectivity index (χ4n) is 9.59. The summed E-state index contributed by atoms with van der Waals surface area (Å²) >= 11 is 12.1. The maximum Gasteiger partial charge on any atom is 0.262 e. The lowest BCUT2D eigenvalue weighted by molar-refractivity contribution is -0.132. The number of primary sulfonamides is 1. The summed E-state index contributed by atoms with van der Waals surface area (Å²) in [5.74, 6) is -1.72. The quantitative estimate of drug-likeness (QED) is 0.0478. The van der Waals surface area contributed by atoms with Crippen LogP contribution < -0.4 is 25.8 Å². The van der Waals surface area contributed by atoms with Gasteiger partial charge in [-0.1, -0.05) is 83.9 Å². The molecule has 17 nitrogen and oxygen atoms in total. The van der Waals surface area contributed by atoms with Crippen LogP contribution >= 0.6 is 23.2 Å². The van der Waals surface area contributed by atoms with Crippen LogP contribution in [0.4, 0.5) is 5.69 Å². The van der Waals surface area contributed by atoms with Crippen molar-refractivity contribution >= 4 is 62.4 Å². The van der Waals surface area contributed by atoms with Gasteiger partial charge < -0.3 is 30.9 Å². The van der Waals surface area contributed by atoms with Crippen LogP contribution in [0, 0.1) is 24.2 Å². The van der Waals surface area contributed by atoms with Gasteiger partial charge in [0, 0.05) is 84.3 Å². The summed E-state index contributed by atoms with van der Waals surface area (Å²) in [6.07, 6.45) is 3.26. The summed E-state index contributed by atoms with van der Waals surface area (Å²) in [6, 6.07) is 35.1. The molecular weight excluding hydrogens is 1070 g/mol.